The summed E-state index contributed by atoms with van der Waals surface area (Å²) in [5, 5.41) is 4.28. The van der Waals surface area contributed by atoms with E-state index in [0.29, 0.717) is 27.1 Å². The van der Waals surface area contributed by atoms with Gasteiger partial charge in [-0.15, -0.1) is 11.3 Å². The van der Waals surface area contributed by atoms with Crippen LogP contribution in [0.3, 0.4) is 0 Å². The number of amides is 1. The van der Waals surface area contributed by atoms with E-state index in [4.69, 9.17) is 21.1 Å². The third-order valence-corrected chi connectivity index (χ3v) is 5.36. The third kappa shape index (κ3) is 2.92. The topological polar surface area (TPSA) is 47.6 Å². The molecule has 1 amide bonds. The lowest BCUT2D eigenvalue weighted by Gasteiger charge is -2.10. The zero-order chi connectivity index (χ0) is 17.3. The minimum Gasteiger partial charge on any atom is -0.493 e. The van der Waals surface area contributed by atoms with Crippen molar-refractivity contribution in [3.05, 3.63) is 51.9 Å². The minimum absolute atomic E-state index is 0.243. The van der Waals surface area contributed by atoms with E-state index in [9.17, 15) is 4.79 Å². The van der Waals surface area contributed by atoms with Gasteiger partial charge in [-0.25, -0.2) is 0 Å². The molecule has 6 heteroatoms. The summed E-state index contributed by atoms with van der Waals surface area (Å²) in [5.74, 6) is 0.910. The quantitative estimate of drug-likeness (QED) is 0.700. The van der Waals surface area contributed by atoms with Crippen molar-refractivity contribution in [2.24, 2.45) is 0 Å². The third-order valence-electron chi connectivity index (χ3n) is 3.71. The normalized spacial score (nSPS) is 10.7. The van der Waals surface area contributed by atoms with Crippen molar-refractivity contribution >= 4 is 44.6 Å². The van der Waals surface area contributed by atoms with Crippen LogP contribution in [0.5, 0.6) is 11.5 Å². The lowest BCUT2D eigenvalue weighted by atomic mass is 10.1. The van der Waals surface area contributed by atoms with Gasteiger partial charge in [-0.3, -0.25) is 4.79 Å². The molecule has 3 rings (SSSR count). The lowest BCUT2D eigenvalue weighted by molar-refractivity contribution is 0.103. The second kappa shape index (κ2) is 6.71. The zero-order valence-corrected chi connectivity index (χ0v) is 15.0. The molecular weight excluding hydrogens is 346 g/mol. The number of rotatable bonds is 4. The minimum atomic E-state index is -0.243. The molecule has 0 radical (unpaired) electrons. The van der Waals surface area contributed by atoms with E-state index < -0.39 is 0 Å². The fourth-order valence-electron chi connectivity index (χ4n) is 2.52. The van der Waals surface area contributed by atoms with E-state index in [1.807, 2.05) is 25.1 Å². The molecule has 0 saturated carbocycles. The highest BCUT2D eigenvalue weighted by atomic mass is 35.5. The maximum atomic E-state index is 12.6. The Morgan fingerprint density at radius 1 is 1.12 bits per heavy atom. The first-order valence-corrected chi connectivity index (χ1v) is 8.45. The Labute approximate surface area is 149 Å². The fourth-order valence-corrected chi connectivity index (χ4v) is 4.10. The van der Waals surface area contributed by atoms with Crippen LogP contribution in [0.15, 0.2) is 36.4 Å². The number of thiophene rings is 1. The van der Waals surface area contributed by atoms with Crippen molar-refractivity contribution in [3.8, 4) is 11.5 Å². The van der Waals surface area contributed by atoms with E-state index in [1.54, 1.807) is 32.4 Å². The van der Waals surface area contributed by atoms with Crippen LogP contribution in [0.1, 0.15) is 15.2 Å². The van der Waals surface area contributed by atoms with E-state index in [2.05, 4.69) is 5.32 Å². The Kier molecular flexibility index (Phi) is 4.64. The van der Waals surface area contributed by atoms with Crippen LogP contribution in [-0.4, -0.2) is 20.1 Å². The molecule has 0 aliphatic heterocycles. The van der Waals surface area contributed by atoms with Gasteiger partial charge < -0.3 is 14.8 Å². The Morgan fingerprint density at radius 2 is 1.88 bits per heavy atom. The monoisotopic (exact) mass is 361 g/mol. The summed E-state index contributed by atoms with van der Waals surface area (Å²) in [6, 6.07) is 11.1. The van der Waals surface area contributed by atoms with Crippen LogP contribution < -0.4 is 14.8 Å². The summed E-state index contributed by atoms with van der Waals surface area (Å²) in [4.78, 5) is 13.1. The van der Waals surface area contributed by atoms with E-state index in [-0.39, 0.29) is 5.91 Å². The number of fused-ring (bicyclic) bond motifs is 1. The average Bonchev–Trinajstić information content (AvgIpc) is 2.93. The molecule has 3 aromatic rings. The Hall–Kier alpha value is -2.24. The predicted octanol–water partition coefficient (Wildman–Crippen LogP) is 5.13. The molecule has 0 fully saturated rings. The largest absolute Gasteiger partial charge is 0.493 e. The second-order valence-electron chi connectivity index (χ2n) is 5.22. The summed E-state index contributed by atoms with van der Waals surface area (Å²) < 4.78 is 11.4. The van der Waals surface area contributed by atoms with Crippen molar-refractivity contribution in [2.45, 2.75) is 6.92 Å². The van der Waals surface area contributed by atoms with Crippen LogP contribution in [0.4, 0.5) is 5.69 Å². The number of nitrogens with one attached hydrogen (secondary N) is 1. The Morgan fingerprint density at radius 3 is 2.54 bits per heavy atom. The molecule has 0 spiro atoms. The molecule has 0 unspecified atom stereocenters. The van der Waals surface area contributed by atoms with Crippen molar-refractivity contribution in [1.82, 2.24) is 0 Å². The predicted molar refractivity (Wildman–Crippen MR) is 99.1 cm³/mol. The number of halogens is 1. The standard InChI is InChI=1S/C18H16ClNO3S/c1-10-5-4-6-14-15(10)16(19)17(24-14)18(21)20-11-7-8-12(22-2)13(9-11)23-3/h4-9H,1-3H3,(H,20,21). The van der Waals surface area contributed by atoms with Gasteiger partial charge in [0.2, 0.25) is 0 Å². The fraction of sp³-hybridized carbons (Fsp3) is 0.167. The molecule has 1 aromatic heterocycles. The molecule has 0 atom stereocenters. The molecule has 2 aromatic carbocycles. The Balaban J connectivity index is 1.93. The first kappa shape index (κ1) is 16.6. The van der Waals surface area contributed by atoms with Crippen molar-refractivity contribution in [3.63, 3.8) is 0 Å². The maximum absolute atomic E-state index is 12.6. The van der Waals surface area contributed by atoms with E-state index in [0.717, 1.165) is 15.6 Å². The van der Waals surface area contributed by atoms with Gasteiger partial charge in [-0.2, -0.15) is 0 Å². The molecule has 0 aliphatic carbocycles. The molecule has 1 heterocycles. The average molecular weight is 362 g/mol. The van der Waals surface area contributed by atoms with Crippen molar-refractivity contribution < 1.29 is 14.3 Å². The lowest BCUT2D eigenvalue weighted by Crippen LogP contribution is -2.10. The molecular formula is C18H16ClNO3S. The number of carbonyl (C=O) groups excluding carboxylic acids is 1. The summed E-state index contributed by atoms with van der Waals surface area (Å²) in [7, 11) is 3.12. The maximum Gasteiger partial charge on any atom is 0.267 e. The van der Waals surface area contributed by atoms with Gasteiger partial charge in [-0.05, 0) is 30.7 Å². The van der Waals surface area contributed by atoms with E-state index >= 15 is 0 Å². The molecule has 24 heavy (non-hydrogen) atoms. The number of ether oxygens (including phenoxy) is 2. The number of aryl methyl sites for hydroxylation is 1. The van der Waals surface area contributed by atoms with Crippen LogP contribution in [0.25, 0.3) is 10.1 Å². The molecule has 4 nitrogen and oxygen atoms in total. The highest BCUT2D eigenvalue weighted by Crippen LogP contribution is 2.38. The van der Waals surface area contributed by atoms with Gasteiger partial charge in [0, 0.05) is 21.8 Å². The number of methoxy groups -OCH3 is 2. The number of hydrogen-bond donors (Lipinski definition) is 1. The first-order valence-electron chi connectivity index (χ1n) is 7.26. The number of hydrogen-bond acceptors (Lipinski definition) is 4. The zero-order valence-electron chi connectivity index (χ0n) is 13.5. The first-order chi connectivity index (χ1) is 11.5. The second-order valence-corrected chi connectivity index (χ2v) is 6.65. The summed E-state index contributed by atoms with van der Waals surface area (Å²) in [6.07, 6.45) is 0. The summed E-state index contributed by atoms with van der Waals surface area (Å²) >= 11 is 7.82. The van der Waals surface area contributed by atoms with Crippen LogP contribution >= 0.6 is 22.9 Å². The number of carbonyl (C=O) groups is 1. The van der Waals surface area contributed by atoms with Gasteiger partial charge in [0.15, 0.2) is 11.5 Å². The smallest absolute Gasteiger partial charge is 0.267 e. The van der Waals surface area contributed by atoms with Gasteiger partial charge in [-0.1, -0.05) is 23.7 Å². The van der Waals surface area contributed by atoms with Gasteiger partial charge in [0.05, 0.1) is 19.2 Å². The molecule has 1 N–H and O–H groups in total. The van der Waals surface area contributed by atoms with Gasteiger partial charge >= 0.3 is 0 Å². The number of anilines is 1. The summed E-state index contributed by atoms with van der Waals surface area (Å²) in [6.45, 7) is 1.98. The highest BCUT2D eigenvalue weighted by molar-refractivity contribution is 7.21. The van der Waals surface area contributed by atoms with Crippen LogP contribution in [-0.2, 0) is 0 Å². The van der Waals surface area contributed by atoms with Crippen molar-refractivity contribution in [1.29, 1.82) is 0 Å². The van der Waals surface area contributed by atoms with Gasteiger partial charge in [0.1, 0.15) is 4.88 Å². The molecule has 0 bridgehead atoms. The summed E-state index contributed by atoms with van der Waals surface area (Å²) in [5.41, 5.74) is 1.67. The van der Waals surface area contributed by atoms with Crippen LogP contribution in [0.2, 0.25) is 5.02 Å². The van der Waals surface area contributed by atoms with Crippen molar-refractivity contribution in [2.75, 3.05) is 19.5 Å². The molecule has 0 aliphatic rings. The van der Waals surface area contributed by atoms with Gasteiger partial charge in [0.25, 0.3) is 5.91 Å². The van der Waals surface area contributed by atoms with E-state index in [1.165, 1.54) is 11.3 Å². The molecule has 0 saturated heterocycles. The van der Waals surface area contributed by atoms with Crippen LogP contribution in [0, 0.1) is 6.92 Å². The number of benzene rings is 2. The molecule has 124 valence electrons. The highest BCUT2D eigenvalue weighted by Gasteiger charge is 2.18. The SMILES string of the molecule is COc1ccc(NC(=O)c2sc3cccc(C)c3c2Cl)cc1OC. The Bertz CT molecular complexity index is 920.